The van der Waals surface area contributed by atoms with Crippen LogP contribution in [0.3, 0.4) is 0 Å². The first-order valence-electron chi connectivity index (χ1n) is 9.14. The molecule has 0 bridgehead atoms. The molecule has 3 fully saturated rings. The second kappa shape index (κ2) is 8.01. The van der Waals surface area contributed by atoms with Crippen LogP contribution in [0.1, 0.15) is 38.2 Å². The second-order valence-electron chi connectivity index (χ2n) is 7.27. The molecule has 1 aromatic carbocycles. The lowest BCUT2D eigenvalue weighted by Gasteiger charge is -2.63. The summed E-state index contributed by atoms with van der Waals surface area (Å²) in [7, 11) is 0. The SMILES string of the molecule is CCNC(=NCc1ccc(Cl)cc1)NC1C2CCOC2C12CCC2.I. The van der Waals surface area contributed by atoms with E-state index in [2.05, 4.69) is 17.6 Å². The molecule has 4 rings (SSSR count). The molecule has 0 radical (unpaired) electrons. The molecule has 2 N–H and O–H groups in total. The Hall–Kier alpha value is -0.530. The number of ether oxygens (including phenoxy) is 1. The highest BCUT2D eigenvalue weighted by molar-refractivity contribution is 14.0. The molecule has 6 heteroatoms. The molecule has 3 atom stereocenters. The summed E-state index contributed by atoms with van der Waals surface area (Å²) < 4.78 is 6.01. The van der Waals surface area contributed by atoms with E-state index in [1.54, 1.807) is 0 Å². The topological polar surface area (TPSA) is 45.7 Å². The van der Waals surface area contributed by atoms with Gasteiger partial charge in [-0.15, -0.1) is 24.0 Å². The summed E-state index contributed by atoms with van der Waals surface area (Å²) in [4.78, 5) is 4.78. The first-order valence-corrected chi connectivity index (χ1v) is 9.51. The quantitative estimate of drug-likeness (QED) is 0.393. The van der Waals surface area contributed by atoms with Crippen LogP contribution >= 0.6 is 35.6 Å². The first-order chi connectivity index (χ1) is 11.7. The van der Waals surface area contributed by atoms with E-state index in [-0.39, 0.29) is 24.0 Å². The fourth-order valence-corrected chi connectivity index (χ4v) is 4.81. The van der Waals surface area contributed by atoms with Crippen molar-refractivity contribution >= 4 is 41.5 Å². The molecule has 3 aliphatic rings. The highest BCUT2D eigenvalue weighted by atomic mass is 127. The number of nitrogens with one attached hydrogen (secondary N) is 2. The normalized spacial score (nSPS) is 29.2. The van der Waals surface area contributed by atoms with Crippen LogP contribution in [-0.2, 0) is 11.3 Å². The summed E-state index contributed by atoms with van der Waals surface area (Å²) in [5.74, 6) is 1.58. The van der Waals surface area contributed by atoms with Crippen molar-refractivity contribution in [2.24, 2.45) is 16.3 Å². The number of fused-ring (bicyclic) bond motifs is 2. The molecular weight excluding hydrogens is 449 g/mol. The lowest BCUT2D eigenvalue weighted by Crippen LogP contribution is -2.72. The van der Waals surface area contributed by atoms with Gasteiger partial charge in [0.15, 0.2) is 5.96 Å². The predicted molar refractivity (Wildman–Crippen MR) is 113 cm³/mol. The van der Waals surface area contributed by atoms with Crippen molar-refractivity contribution in [1.82, 2.24) is 10.6 Å². The highest BCUT2D eigenvalue weighted by Gasteiger charge is 2.66. The smallest absolute Gasteiger partial charge is 0.191 e. The van der Waals surface area contributed by atoms with Crippen molar-refractivity contribution in [3.8, 4) is 0 Å². The zero-order chi connectivity index (χ0) is 16.6. The molecule has 1 aliphatic heterocycles. The molecule has 1 heterocycles. The van der Waals surface area contributed by atoms with Crippen molar-refractivity contribution in [1.29, 1.82) is 0 Å². The Labute approximate surface area is 172 Å². The largest absolute Gasteiger partial charge is 0.377 e. The van der Waals surface area contributed by atoms with Gasteiger partial charge in [0.05, 0.1) is 12.6 Å². The van der Waals surface area contributed by atoms with Crippen LogP contribution in [0.4, 0.5) is 0 Å². The van der Waals surface area contributed by atoms with Gasteiger partial charge in [0.2, 0.25) is 0 Å². The minimum atomic E-state index is 0. The molecule has 3 unspecified atom stereocenters. The molecule has 0 aromatic heterocycles. The maximum Gasteiger partial charge on any atom is 0.191 e. The van der Waals surface area contributed by atoms with Gasteiger partial charge < -0.3 is 15.4 Å². The average molecular weight is 476 g/mol. The fourth-order valence-electron chi connectivity index (χ4n) is 4.68. The van der Waals surface area contributed by atoms with Crippen LogP contribution in [0.2, 0.25) is 5.02 Å². The summed E-state index contributed by atoms with van der Waals surface area (Å²) in [6, 6.07) is 8.42. The standard InChI is InChI=1S/C19H26ClN3O.HI/c1-2-21-18(22-12-13-4-6-14(20)7-5-13)23-16-15-8-11-24-17(15)19(16)9-3-10-19;/h4-7,15-17H,2-3,8-12H2,1H3,(H2,21,22,23);1H. The Morgan fingerprint density at radius 1 is 1.32 bits per heavy atom. The van der Waals surface area contributed by atoms with Gasteiger partial charge in [0, 0.05) is 35.5 Å². The Kier molecular flexibility index (Phi) is 6.16. The third-order valence-electron chi connectivity index (χ3n) is 6.01. The van der Waals surface area contributed by atoms with Crippen LogP contribution in [0.5, 0.6) is 0 Å². The first kappa shape index (κ1) is 19.2. The Morgan fingerprint density at radius 2 is 2.08 bits per heavy atom. The minimum absolute atomic E-state index is 0. The van der Waals surface area contributed by atoms with E-state index >= 15 is 0 Å². The molecule has 1 saturated heterocycles. The van der Waals surface area contributed by atoms with Gasteiger partial charge in [-0.05, 0) is 43.9 Å². The van der Waals surface area contributed by atoms with Crippen LogP contribution in [0.25, 0.3) is 0 Å². The highest BCUT2D eigenvalue weighted by Crippen LogP contribution is 2.62. The van der Waals surface area contributed by atoms with Crippen molar-refractivity contribution in [3.05, 3.63) is 34.9 Å². The monoisotopic (exact) mass is 475 g/mol. The van der Waals surface area contributed by atoms with Crippen molar-refractivity contribution < 1.29 is 4.74 Å². The van der Waals surface area contributed by atoms with Gasteiger partial charge >= 0.3 is 0 Å². The Bertz CT molecular complexity index is 618. The van der Waals surface area contributed by atoms with Gasteiger partial charge in [-0.3, -0.25) is 0 Å². The number of hydrogen-bond donors (Lipinski definition) is 2. The van der Waals surface area contributed by atoms with Gasteiger partial charge in [0.1, 0.15) is 0 Å². The van der Waals surface area contributed by atoms with Crippen molar-refractivity contribution in [2.75, 3.05) is 13.2 Å². The minimum Gasteiger partial charge on any atom is -0.377 e. The molecular formula is C19H27ClIN3O. The molecule has 2 aliphatic carbocycles. The number of guanidine groups is 1. The zero-order valence-electron chi connectivity index (χ0n) is 14.6. The van der Waals surface area contributed by atoms with E-state index in [9.17, 15) is 0 Å². The van der Waals surface area contributed by atoms with Gasteiger partial charge in [-0.25, -0.2) is 4.99 Å². The van der Waals surface area contributed by atoms with Crippen molar-refractivity contribution in [3.63, 3.8) is 0 Å². The van der Waals surface area contributed by atoms with E-state index in [1.807, 2.05) is 24.3 Å². The van der Waals surface area contributed by atoms with E-state index in [0.717, 1.165) is 24.1 Å². The maximum atomic E-state index is 6.01. The lowest BCUT2D eigenvalue weighted by atomic mass is 9.46. The van der Waals surface area contributed by atoms with E-state index < -0.39 is 0 Å². The Balaban J connectivity index is 0.00000182. The number of hydrogen-bond acceptors (Lipinski definition) is 2. The average Bonchev–Trinajstić information content (AvgIpc) is 2.95. The predicted octanol–water partition coefficient (Wildman–Crippen LogP) is 3.97. The summed E-state index contributed by atoms with van der Waals surface area (Å²) in [5.41, 5.74) is 1.54. The summed E-state index contributed by atoms with van der Waals surface area (Å²) >= 11 is 5.95. The summed E-state index contributed by atoms with van der Waals surface area (Å²) in [6.45, 7) is 4.57. The fraction of sp³-hybridized carbons (Fsp3) is 0.632. The van der Waals surface area contributed by atoms with Gasteiger partial charge in [0.25, 0.3) is 0 Å². The molecule has 1 spiro atoms. The molecule has 25 heavy (non-hydrogen) atoms. The zero-order valence-corrected chi connectivity index (χ0v) is 17.7. The molecule has 0 amide bonds. The van der Waals surface area contributed by atoms with Crippen molar-refractivity contribution in [2.45, 2.75) is 51.3 Å². The second-order valence-corrected chi connectivity index (χ2v) is 7.71. The Morgan fingerprint density at radius 3 is 2.72 bits per heavy atom. The lowest BCUT2D eigenvalue weighted by molar-refractivity contribution is -0.171. The number of aliphatic imine (C=N–C) groups is 1. The number of rotatable bonds is 4. The third kappa shape index (κ3) is 3.52. The summed E-state index contributed by atoms with van der Waals surface area (Å²) in [6.07, 6.45) is 5.59. The number of nitrogens with zero attached hydrogens (tertiary/aromatic N) is 1. The van der Waals surface area contributed by atoms with Crippen LogP contribution in [0, 0.1) is 11.3 Å². The molecule has 4 nitrogen and oxygen atoms in total. The number of benzene rings is 1. The van der Waals surface area contributed by atoms with E-state index in [0.29, 0.717) is 30.0 Å². The maximum absolute atomic E-state index is 6.01. The number of halogens is 2. The third-order valence-corrected chi connectivity index (χ3v) is 6.26. The van der Waals surface area contributed by atoms with E-state index in [1.165, 1.54) is 31.2 Å². The molecule has 2 saturated carbocycles. The van der Waals surface area contributed by atoms with Crippen LogP contribution < -0.4 is 10.6 Å². The molecule has 1 aromatic rings. The van der Waals surface area contributed by atoms with Gasteiger partial charge in [-0.2, -0.15) is 0 Å². The molecule has 138 valence electrons. The van der Waals surface area contributed by atoms with Crippen LogP contribution in [-0.4, -0.2) is 31.3 Å². The summed E-state index contributed by atoms with van der Waals surface area (Å²) in [5, 5.41) is 7.90. The van der Waals surface area contributed by atoms with E-state index in [4.69, 9.17) is 21.3 Å². The van der Waals surface area contributed by atoms with Gasteiger partial charge in [-0.1, -0.05) is 30.2 Å². The van der Waals surface area contributed by atoms with Crippen LogP contribution in [0.15, 0.2) is 29.3 Å².